The van der Waals surface area contributed by atoms with E-state index in [1.54, 1.807) is 24.3 Å². The molecular formula is C16H13F2N. The molecule has 0 saturated carbocycles. The number of hydrogen-bond donors (Lipinski definition) is 0. The van der Waals surface area contributed by atoms with Gasteiger partial charge in [0.15, 0.2) is 0 Å². The van der Waals surface area contributed by atoms with Crippen molar-refractivity contribution in [2.45, 2.75) is 18.8 Å². The van der Waals surface area contributed by atoms with E-state index in [1.807, 2.05) is 6.92 Å². The van der Waals surface area contributed by atoms with Crippen LogP contribution in [0.4, 0.5) is 8.78 Å². The molecule has 0 heterocycles. The first-order valence-electron chi connectivity index (χ1n) is 6.05. The second kappa shape index (κ2) is 5.19. The lowest BCUT2D eigenvalue weighted by Crippen LogP contribution is -2.24. The van der Waals surface area contributed by atoms with Gasteiger partial charge in [-0.3, -0.25) is 0 Å². The predicted molar refractivity (Wildman–Crippen MR) is 69.5 cm³/mol. The number of nitrogens with zero attached hydrogens (tertiary/aromatic N) is 1. The maximum absolute atomic E-state index is 13.0. The lowest BCUT2D eigenvalue weighted by atomic mass is 9.74. The molecule has 0 N–H and O–H groups in total. The number of halogens is 2. The molecule has 0 unspecified atom stereocenters. The van der Waals surface area contributed by atoms with E-state index in [1.165, 1.54) is 24.3 Å². The molecule has 2 aromatic rings. The molecule has 0 atom stereocenters. The fourth-order valence-electron chi connectivity index (χ4n) is 2.25. The van der Waals surface area contributed by atoms with E-state index in [4.69, 9.17) is 0 Å². The minimum Gasteiger partial charge on any atom is -0.207 e. The summed E-state index contributed by atoms with van der Waals surface area (Å²) >= 11 is 0. The Bertz CT molecular complexity index is 549. The Hall–Kier alpha value is -2.21. The summed E-state index contributed by atoms with van der Waals surface area (Å²) in [7, 11) is 0. The van der Waals surface area contributed by atoms with E-state index in [9.17, 15) is 14.0 Å². The van der Waals surface area contributed by atoms with Crippen molar-refractivity contribution in [1.29, 1.82) is 5.26 Å². The van der Waals surface area contributed by atoms with Crippen molar-refractivity contribution in [3.63, 3.8) is 0 Å². The van der Waals surface area contributed by atoms with Crippen LogP contribution in [-0.2, 0) is 5.41 Å². The molecule has 3 heteroatoms. The van der Waals surface area contributed by atoms with Gasteiger partial charge in [-0.2, -0.15) is 5.26 Å². The van der Waals surface area contributed by atoms with Crippen molar-refractivity contribution in [3.05, 3.63) is 71.3 Å². The van der Waals surface area contributed by atoms with Crippen LogP contribution in [0.5, 0.6) is 0 Å². The zero-order valence-electron chi connectivity index (χ0n) is 10.5. The van der Waals surface area contributed by atoms with Crippen LogP contribution < -0.4 is 0 Å². The first-order valence-corrected chi connectivity index (χ1v) is 6.05. The molecule has 2 aromatic carbocycles. The quantitative estimate of drug-likeness (QED) is 0.809. The Balaban J connectivity index is 2.58. The third-order valence-electron chi connectivity index (χ3n) is 3.40. The zero-order chi connectivity index (χ0) is 13.9. The van der Waals surface area contributed by atoms with E-state index in [0.717, 1.165) is 0 Å². The number of benzene rings is 2. The smallest absolute Gasteiger partial charge is 0.123 e. The fraction of sp³-hybridized carbons (Fsp3) is 0.188. The molecule has 0 spiro atoms. The summed E-state index contributed by atoms with van der Waals surface area (Å²) < 4.78 is 26.0. The van der Waals surface area contributed by atoms with E-state index in [-0.39, 0.29) is 11.6 Å². The van der Waals surface area contributed by atoms with Gasteiger partial charge >= 0.3 is 0 Å². The minimum atomic E-state index is -0.874. The molecule has 1 nitrogen and oxygen atoms in total. The Morgan fingerprint density at radius 3 is 1.53 bits per heavy atom. The molecule has 19 heavy (non-hydrogen) atoms. The molecule has 0 amide bonds. The number of hydrogen-bond acceptors (Lipinski definition) is 1. The highest BCUT2D eigenvalue weighted by Crippen LogP contribution is 2.35. The molecule has 96 valence electrons. The van der Waals surface area contributed by atoms with Crippen molar-refractivity contribution in [1.82, 2.24) is 0 Å². The Morgan fingerprint density at radius 2 is 1.26 bits per heavy atom. The molecule has 0 fully saturated rings. The molecule has 0 aliphatic rings. The van der Waals surface area contributed by atoms with Crippen LogP contribution in [0.15, 0.2) is 48.5 Å². The molecule has 0 bridgehead atoms. The van der Waals surface area contributed by atoms with Gasteiger partial charge in [-0.25, -0.2) is 8.78 Å². The molecule has 0 radical (unpaired) electrons. The summed E-state index contributed by atoms with van der Waals surface area (Å²) in [5.74, 6) is -0.684. The van der Waals surface area contributed by atoms with Crippen LogP contribution in [0, 0.1) is 23.0 Å². The third kappa shape index (κ3) is 2.34. The molecule has 0 saturated heterocycles. The highest BCUT2D eigenvalue weighted by molar-refractivity contribution is 5.45. The summed E-state index contributed by atoms with van der Waals surface area (Å²) in [6.07, 6.45) is 0.529. The lowest BCUT2D eigenvalue weighted by Gasteiger charge is -2.26. The van der Waals surface area contributed by atoms with Crippen LogP contribution in [0.25, 0.3) is 0 Å². The van der Waals surface area contributed by atoms with Crippen molar-refractivity contribution in [2.75, 3.05) is 0 Å². The monoisotopic (exact) mass is 257 g/mol. The standard InChI is InChI=1S/C16H13F2N/c1-2-16(11-19,12-3-7-14(17)8-4-12)13-5-9-15(18)10-6-13/h3-10H,2H2,1H3. The minimum absolute atomic E-state index is 0.342. The van der Waals surface area contributed by atoms with Gasteiger partial charge in [0.05, 0.1) is 6.07 Å². The predicted octanol–water partition coefficient (Wildman–Crippen LogP) is 4.18. The van der Waals surface area contributed by atoms with Crippen molar-refractivity contribution >= 4 is 0 Å². The van der Waals surface area contributed by atoms with E-state index in [0.29, 0.717) is 17.5 Å². The van der Waals surface area contributed by atoms with Crippen molar-refractivity contribution in [2.24, 2.45) is 0 Å². The van der Waals surface area contributed by atoms with Crippen LogP contribution in [0.2, 0.25) is 0 Å². The second-order valence-corrected chi connectivity index (χ2v) is 4.38. The average molecular weight is 257 g/mol. The van der Waals surface area contributed by atoms with E-state index < -0.39 is 5.41 Å². The zero-order valence-corrected chi connectivity index (χ0v) is 10.5. The van der Waals surface area contributed by atoms with Gasteiger partial charge in [0.1, 0.15) is 17.0 Å². The number of nitriles is 1. The van der Waals surface area contributed by atoms with Gasteiger partial charge < -0.3 is 0 Å². The molecular weight excluding hydrogens is 244 g/mol. The normalized spacial score (nSPS) is 11.1. The largest absolute Gasteiger partial charge is 0.207 e. The van der Waals surface area contributed by atoms with Gasteiger partial charge in [-0.1, -0.05) is 31.2 Å². The van der Waals surface area contributed by atoms with E-state index in [2.05, 4.69) is 6.07 Å². The molecule has 0 aromatic heterocycles. The maximum Gasteiger partial charge on any atom is 0.123 e. The Kier molecular flexibility index (Phi) is 3.62. The van der Waals surface area contributed by atoms with Crippen LogP contribution in [0.3, 0.4) is 0 Å². The first kappa shape index (κ1) is 13.2. The summed E-state index contributed by atoms with van der Waals surface area (Å²) in [5.41, 5.74) is 0.553. The summed E-state index contributed by atoms with van der Waals surface area (Å²) in [5, 5.41) is 9.58. The van der Waals surface area contributed by atoms with Crippen molar-refractivity contribution in [3.8, 4) is 6.07 Å². The third-order valence-corrected chi connectivity index (χ3v) is 3.40. The first-order chi connectivity index (χ1) is 9.12. The van der Waals surface area contributed by atoms with Crippen molar-refractivity contribution < 1.29 is 8.78 Å². The molecule has 0 aliphatic carbocycles. The molecule has 0 aliphatic heterocycles. The lowest BCUT2D eigenvalue weighted by molar-refractivity contribution is 0.604. The number of rotatable bonds is 3. The van der Waals surface area contributed by atoms with Crippen LogP contribution in [-0.4, -0.2) is 0 Å². The van der Waals surface area contributed by atoms with Crippen LogP contribution >= 0.6 is 0 Å². The van der Waals surface area contributed by atoms with Gasteiger partial charge in [-0.05, 0) is 41.8 Å². The SMILES string of the molecule is CCC(C#N)(c1ccc(F)cc1)c1ccc(F)cc1. The summed E-state index contributed by atoms with van der Waals surface area (Å²) in [4.78, 5) is 0. The van der Waals surface area contributed by atoms with Gasteiger partial charge in [0, 0.05) is 0 Å². The second-order valence-electron chi connectivity index (χ2n) is 4.38. The molecule has 2 rings (SSSR count). The summed E-state index contributed by atoms with van der Waals surface area (Å²) in [6.45, 7) is 1.88. The Labute approximate surface area is 111 Å². The summed E-state index contributed by atoms with van der Waals surface area (Å²) in [6, 6.07) is 14.0. The van der Waals surface area contributed by atoms with Gasteiger partial charge in [0.2, 0.25) is 0 Å². The maximum atomic E-state index is 13.0. The van der Waals surface area contributed by atoms with Gasteiger partial charge in [-0.15, -0.1) is 0 Å². The highest BCUT2D eigenvalue weighted by Gasteiger charge is 2.32. The Morgan fingerprint density at radius 1 is 0.895 bits per heavy atom. The van der Waals surface area contributed by atoms with E-state index >= 15 is 0 Å². The van der Waals surface area contributed by atoms with Crippen LogP contribution in [0.1, 0.15) is 24.5 Å². The van der Waals surface area contributed by atoms with Gasteiger partial charge in [0.25, 0.3) is 0 Å². The topological polar surface area (TPSA) is 23.8 Å². The highest BCUT2D eigenvalue weighted by atomic mass is 19.1. The average Bonchev–Trinajstić information content (AvgIpc) is 2.44. The fourth-order valence-corrected chi connectivity index (χ4v) is 2.25.